The van der Waals surface area contributed by atoms with E-state index in [9.17, 15) is 4.79 Å². The second-order valence-corrected chi connectivity index (χ2v) is 4.03. The van der Waals surface area contributed by atoms with Crippen LogP contribution < -0.4 is 0 Å². The number of aryl methyl sites for hydroxylation is 2. The molecule has 0 radical (unpaired) electrons. The maximum Gasteiger partial charge on any atom is 0.341 e. The molecule has 0 saturated carbocycles. The van der Waals surface area contributed by atoms with Gasteiger partial charge in [0.25, 0.3) is 0 Å². The average Bonchev–Trinajstić information content (AvgIpc) is 2.59. The molecule has 4 nitrogen and oxygen atoms in total. The van der Waals surface area contributed by atoms with Crippen LogP contribution >= 0.6 is 0 Å². The molecule has 0 amide bonds. The van der Waals surface area contributed by atoms with Crippen molar-refractivity contribution in [3.8, 4) is 0 Å². The highest BCUT2D eigenvalue weighted by molar-refractivity contribution is 5.89. The van der Waals surface area contributed by atoms with E-state index in [1.165, 1.54) is 0 Å². The van der Waals surface area contributed by atoms with Gasteiger partial charge in [0.15, 0.2) is 0 Å². The quantitative estimate of drug-likeness (QED) is 0.881. The molecule has 2 aromatic rings. The highest BCUT2D eigenvalue weighted by Crippen LogP contribution is 2.17. The third-order valence-corrected chi connectivity index (χ3v) is 2.60. The number of hydrogen-bond donors (Lipinski definition) is 1. The van der Waals surface area contributed by atoms with Crippen LogP contribution in [0.1, 0.15) is 32.9 Å². The molecule has 1 aromatic heterocycles. The molecule has 0 aliphatic heterocycles. The summed E-state index contributed by atoms with van der Waals surface area (Å²) >= 11 is 0. The Balaban J connectivity index is 2.33. The Kier molecular flexibility index (Phi) is 2.95. The van der Waals surface area contributed by atoms with Crippen LogP contribution in [-0.4, -0.2) is 16.2 Å². The SMILES string of the molecule is Cc1cccc(Cc2noc(C)c2C(=O)O)c1. The lowest BCUT2D eigenvalue weighted by atomic mass is 10.0. The third-order valence-electron chi connectivity index (χ3n) is 2.60. The first kappa shape index (κ1) is 11.4. The molecule has 1 N–H and O–H groups in total. The van der Waals surface area contributed by atoms with Crippen LogP contribution in [0.25, 0.3) is 0 Å². The number of carboxylic acid groups (broad SMARTS) is 1. The minimum absolute atomic E-state index is 0.173. The van der Waals surface area contributed by atoms with Crippen molar-refractivity contribution in [3.63, 3.8) is 0 Å². The van der Waals surface area contributed by atoms with Crippen LogP contribution in [0.3, 0.4) is 0 Å². The fourth-order valence-corrected chi connectivity index (χ4v) is 1.83. The molecule has 0 saturated heterocycles. The molecular formula is C13H13NO3. The second kappa shape index (κ2) is 4.41. The lowest BCUT2D eigenvalue weighted by molar-refractivity contribution is 0.0694. The number of benzene rings is 1. The Morgan fingerprint density at radius 2 is 2.18 bits per heavy atom. The van der Waals surface area contributed by atoms with Gasteiger partial charge < -0.3 is 9.63 Å². The van der Waals surface area contributed by atoms with Crippen molar-refractivity contribution in [3.05, 3.63) is 52.4 Å². The van der Waals surface area contributed by atoms with Gasteiger partial charge in [0, 0.05) is 6.42 Å². The Morgan fingerprint density at radius 1 is 1.41 bits per heavy atom. The van der Waals surface area contributed by atoms with Gasteiger partial charge in [-0.1, -0.05) is 35.0 Å². The number of aromatic nitrogens is 1. The van der Waals surface area contributed by atoms with Gasteiger partial charge in [0.1, 0.15) is 17.0 Å². The molecule has 88 valence electrons. The van der Waals surface area contributed by atoms with Gasteiger partial charge in [-0.25, -0.2) is 4.79 Å². The van der Waals surface area contributed by atoms with Gasteiger partial charge in [-0.05, 0) is 19.4 Å². The lowest BCUT2D eigenvalue weighted by Crippen LogP contribution is -2.02. The van der Waals surface area contributed by atoms with E-state index in [1.54, 1.807) is 6.92 Å². The minimum Gasteiger partial charge on any atom is -0.477 e. The summed E-state index contributed by atoms with van der Waals surface area (Å²) < 4.78 is 4.93. The number of rotatable bonds is 3. The highest BCUT2D eigenvalue weighted by Gasteiger charge is 2.19. The largest absolute Gasteiger partial charge is 0.477 e. The molecule has 0 aliphatic rings. The van der Waals surface area contributed by atoms with E-state index in [4.69, 9.17) is 9.63 Å². The smallest absolute Gasteiger partial charge is 0.341 e. The van der Waals surface area contributed by atoms with Gasteiger partial charge >= 0.3 is 5.97 Å². The summed E-state index contributed by atoms with van der Waals surface area (Å²) in [5, 5.41) is 12.9. The summed E-state index contributed by atoms with van der Waals surface area (Å²) in [6, 6.07) is 7.89. The lowest BCUT2D eigenvalue weighted by Gasteiger charge is -2.00. The number of hydrogen-bond acceptors (Lipinski definition) is 3. The first-order valence-electron chi connectivity index (χ1n) is 5.32. The van der Waals surface area contributed by atoms with E-state index in [1.807, 2.05) is 31.2 Å². The number of aromatic carboxylic acids is 1. The van der Waals surface area contributed by atoms with Gasteiger partial charge in [-0.3, -0.25) is 0 Å². The summed E-state index contributed by atoms with van der Waals surface area (Å²) in [5.74, 6) is -0.647. The predicted octanol–water partition coefficient (Wildman–Crippen LogP) is 2.58. The average molecular weight is 231 g/mol. The van der Waals surface area contributed by atoms with E-state index in [2.05, 4.69) is 5.16 Å². The van der Waals surface area contributed by atoms with Gasteiger partial charge in [0.2, 0.25) is 0 Å². The summed E-state index contributed by atoms with van der Waals surface area (Å²) in [5.41, 5.74) is 2.81. The zero-order chi connectivity index (χ0) is 12.4. The van der Waals surface area contributed by atoms with E-state index < -0.39 is 5.97 Å². The van der Waals surface area contributed by atoms with Crippen molar-refractivity contribution in [2.24, 2.45) is 0 Å². The Hall–Kier alpha value is -2.10. The second-order valence-electron chi connectivity index (χ2n) is 4.03. The standard InChI is InChI=1S/C13H13NO3/c1-8-4-3-5-10(6-8)7-11-12(13(15)16)9(2)17-14-11/h3-6H,7H2,1-2H3,(H,15,16). The van der Waals surface area contributed by atoms with Crippen LogP contribution in [-0.2, 0) is 6.42 Å². The number of nitrogens with zero attached hydrogens (tertiary/aromatic N) is 1. The first-order valence-corrected chi connectivity index (χ1v) is 5.32. The van der Waals surface area contributed by atoms with Crippen LogP contribution in [0.5, 0.6) is 0 Å². The Morgan fingerprint density at radius 3 is 2.82 bits per heavy atom. The Labute approximate surface area is 98.9 Å². The summed E-state index contributed by atoms with van der Waals surface area (Å²) in [6.45, 7) is 3.60. The maximum atomic E-state index is 11.1. The minimum atomic E-state index is -0.994. The van der Waals surface area contributed by atoms with Gasteiger partial charge in [-0.15, -0.1) is 0 Å². The van der Waals surface area contributed by atoms with Crippen LogP contribution in [0.4, 0.5) is 0 Å². The van der Waals surface area contributed by atoms with Crippen molar-refractivity contribution < 1.29 is 14.4 Å². The Bertz CT molecular complexity index is 558. The topological polar surface area (TPSA) is 63.3 Å². The summed E-state index contributed by atoms with van der Waals surface area (Å²) in [7, 11) is 0. The van der Waals surface area contributed by atoms with Gasteiger partial charge in [0.05, 0.1) is 0 Å². The number of carboxylic acids is 1. The zero-order valence-corrected chi connectivity index (χ0v) is 9.73. The van der Waals surface area contributed by atoms with E-state index in [0.717, 1.165) is 11.1 Å². The van der Waals surface area contributed by atoms with Crippen molar-refractivity contribution in [1.82, 2.24) is 5.16 Å². The molecule has 17 heavy (non-hydrogen) atoms. The first-order chi connectivity index (χ1) is 8.08. The highest BCUT2D eigenvalue weighted by atomic mass is 16.5. The molecular weight excluding hydrogens is 218 g/mol. The van der Waals surface area contributed by atoms with Gasteiger partial charge in [-0.2, -0.15) is 0 Å². The van der Waals surface area contributed by atoms with Crippen molar-refractivity contribution >= 4 is 5.97 Å². The van der Waals surface area contributed by atoms with Crippen LogP contribution in [0.2, 0.25) is 0 Å². The monoisotopic (exact) mass is 231 g/mol. The molecule has 0 fully saturated rings. The molecule has 0 bridgehead atoms. The predicted molar refractivity (Wildman–Crippen MR) is 62.2 cm³/mol. The van der Waals surface area contributed by atoms with E-state index in [-0.39, 0.29) is 5.56 Å². The molecule has 0 aliphatic carbocycles. The molecule has 0 atom stereocenters. The van der Waals surface area contributed by atoms with Crippen LogP contribution in [0, 0.1) is 13.8 Å². The molecule has 2 rings (SSSR count). The number of carbonyl (C=O) groups is 1. The fraction of sp³-hybridized carbons (Fsp3) is 0.231. The maximum absolute atomic E-state index is 11.1. The molecule has 4 heteroatoms. The molecule has 0 spiro atoms. The van der Waals surface area contributed by atoms with Crippen molar-refractivity contribution in [1.29, 1.82) is 0 Å². The zero-order valence-electron chi connectivity index (χ0n) is 9.73. The molecule has 1 aromatic carbocycles. The van der Waals surface area contributed by atoms with E-state index >= 15 is 0 Å². The summed E-state index contributed by atoms with van der Waals surface area (Å²) in [4.78, 5) is 11.1. The normalized spacial score (nSPS) is 10.5. The molecule has 0 unspecified atom stereocenters. The molecule has 1 heterocycles. The van der Waals surface area contributed by atoms with Crippen molar-refractivity contribution in [2.45, 2.75) is 20.3 Å². The van der Waals surface area contributed by atoms with E-state index in [0.29, 0.717) is 17.9 Å². The fourth-order valence-electron chi connectivity index (χ4n) is 1.83. The van der Waals surface area contributed by atoms with Crippen molar-refractivity contribution in [2.75, 3.05) is 0 Å². The third kappa shape index (κ3) is 2.36. The van der Waals surface area contributed by atoms with Crippen LogP contribution in [0.15, 0.2) is 28.8 Å². The summed E-state index contributed by atoms with van der Waals surface area (Å²) in [6.07, 6.45) is 0.473.